The van der Waals surface area contributed by atoms with Crippen LogP contribution in [-0.2, 0) is 13.2 Å². The molecule has 55 heavy (non-hydrogen) atoms. The zero-order valence-electron chi connectivity index (χ0n) is 30.4. The summed E-state index contributed by atoms with van der Waals surface area (Å²) in [5, 5.41) is 37.0. The van der Waals surface area contributed by atoms with Gasteiger partial charge in [0.1, 0.15) is 18.1 Å². The molecule has 1 heterocycles. The molecule has 2 atom stereocenters. The van der Waals surface area contributed by atoms with E-state index in [1.807, 2.05) is 96.8 Å². The molecule has 0 fully saturated rings. The van der Waals surface area contributed by atoms with Crippen molar-refractivity contribution in [2.75, 3.05) is 19.6 Å². The Kier molecular flexibility index (Phi) is 12.6. The number of phenolic OH excluding ortho intramolecular Hbond substituents is 1. The van der Waals surface area contributed by atoms with Gasteiger partial charge >= 0.3 is 6.09 Å². The Morgan fingerprint density at radius 2 is 1.60 bits per heavy atom. The van der Waals surface area contributed by atoms with Gasteiger partial charge in [0.25, 0.3) is 5.91 Å². The van der Waals surface area contributed by atoms with Gasteiger partial charge in [0.05, 0.1) is 17.7 Å². The predicted octanol–water partition coefficient (Wildman–Crippen LogP) is 6.83. The summed E-state index contributed by atoms with van der Waals surface area (Å²) in [5.41, 5.74) is 5.63. The van der Waals surface area contributed by atoms with E-state index in [4.69, 9.17) is 4.74 Å². The summed E-state index contributed by atoms with van der Waals surface area (Å²) in [6.45, 7) is 3.96. The zero-order valence-corrected chi connectivity index (χ0v) is 30.4. The number of carbonyl (C=O) groups excluding carboxylic acids is 1. The van der Waals surface area contributed by atoms with Crippen LogP contribution in [-0.4, -0.2) is 56.8 Å². The van der Waals surface area contributed by atoms with Gasteiger partial charge < -0.3 is 40.6 Å². The average Bonchev–Trinajstić information content (AvgIpc) is 3.19. The molecule has 6 aromatic rings. The number of aromatic amines is 1. The highest BCUT2D eigenvalue weighted by molar-refractivity contribution is 5.94. The molecule has 6 N–H and O–H groups in total. The van der Waals surface area contributed by atoms with Crippen LogP contribution < -0.4 is 20.9 Å². The lowest BCUT2D eigenvalue weighted by Crippen LogP contribution is -2.33. The Hall–Kier alpha value is -6.43. The number of hydrogen-bond acceptors (Lipinski definition) is 7. The van der Waals surface area contributed by atoms with Crippen molar-refractivity contribution < 1.29 is 29.6 Å². The second kappa shape index (κ2) is 18.1. The minimum absolute atomic E-state index is 0.0645. The number of carboxylic acid groups (broad SMARTS) is 1. The van der Waals surface area contributed by atoms with Crippen LogP contribution in [0.2, 0.25) is 0 Å². The highest BCUT2D eigenvalue weighted by Gasteiger charge is 2.19. The number of nitrogens with one attached hydrogen (secondary N) is 3. The second-order valence-corrected chi connectivity index (χ2v) is 13.4. The molecule has 6 rings (SSSR count). The Bertz CT molecular complexity index is 2290. The number of aromatic hydroxyl groups is 1. The van der Waals surface area contributed by atoms with Gasteiger partial charge in [-0.15, -0.1) is 0 Å². The molecule has 11 nitrogen and oxygen atoms in total. The number of hydrogen-bond donors (Lipinski definition) is 6. The van der Waals surface area contributed by atoms with Gasteiger partial charge in [-0.25, -0.2) is 4.79 Å². The van der Waals surface area contributed by atoms with E-state index in [-0.39, 0.29) is 35.9 Å². The summed E-state index contributed by atoms with van der Waals surface area (Å²) in [6.07, 6.45) is -1.38. The number of carbonyl (C=O) groups is 2. The zero-order chi connectivity index (χ0) is 38.7. The third-order valence-electron chi connectivity index (χ3n) is 9.33. The van der Waals surface area contributed by atoms with Crippen LogP contribution in [0, 0.1) is 6.92 Å². The largest absolute Gasteiger partial charge is 0.506 e. The number of aliphatic hydroxyl groups excluding tert-OH is 1. The molecule has 282 valence electrons. The van der Waals surface area contributed by atoms with Crippen molar-refractivity contribution in [2.24, 2.45) is 0 Å². The monoisotopic (exact) mass is 740 g/mol. The molecule has 5 aromatic carbocycles. The number of aryl methyl sites for hydroxylation is 1. The average molecular weight is 741 g/mol. The molecular formula is C44H44N4O7. The standard InChI is InChI=1S/C44H44N4O7/c1-29-8-5-9-31(24-29)27-48(23-7-22-45-26-39(50)36-18-20-38(49)42-37(36)19-21-40(51)46-42)43(52)33-16-14-30(15-17-33)28-55-35-13-6-12-34(25-35)41(47-44(53)54)32-10-3-2-4-11-32/h2-6,8-21,24-25,39,41,45,47,49-50H,7,22-23,26-28H2,1H3,(H,46,51)(H,53,54)/t39-,41-/m0/s1. The summed E-state index contributed by atoms with van der Waals surface area (Å²) in [6, 6.07) is 37.6. The predicted molar refractivity (Wildman–Crippen MR) is 211 cm³/mol. The van der Waals surface area contributed by atoms with Gasteiger partial charge in [-0.3, -0.25) is 9.59 Å². The maximum atomic E-state index is 13.9. The normalized spacial score (nSPS) is 12.2. The number of phenols is 1. The fourth-order valence-corrected chi connectivity index (χ4v) is 6.58. The van der Waals surface area contributed by atoms with Crippen LogP contribution in [0.25, 0.3) is 10.9 Å². The lowest BCUT2D eigenvalue weighted by atomic mass is 9.98. The van der Waals surface area contributed by atoms with Gasteiger partial charge in [0.2, 0.25) is 5.56 Å². The number of aromatic nitrogens is 1. The second-order valence-electron chi connectivity index (χ2n) is 13.4. The van der Waals surface area contributed by atoms with Crippen molar-refractivity contribution in [1.29, 1.82) is 0 Å². The number of aliphatic hydroxyl groups is 1. The Morgan fingerprint density at radius 3 is 2.36 bits per heavy atom. The van der Waals surface area contributed by atoms with Crippen LogP contribution in [0.15, 0.2) is 132 Å². The van der Waals surface area contributed by atoms with E-state index in [9.17, 15) is 29.7 Å². The van der Waals surface area contributed by atoms with Crippen molar-refractivity contribution in [3.8, 4) is 11.5 Å². The van der Waals surface area contributed by atoms with Crippen molar-refractivity contribution in [3.63, 3.8) is 0 Å². The number of fused-ring (bicyclic) bond motifs is 1. The summed E-state index contributed by atoms with van der Waals surface area (Å²) in [7, 11) is 0. The van der Waals surface area contributed by atoms with Gasteiger partial charge in [-0.2, -0.15) is 0 Å². The summed E-state index contributed by atoms with van der Waals surface area (Å²) >= 11 is 0. The van der Waals surface area contributed by atoms with Gasteiger partial charge in [0, 0.05) is 36.7 Å². The maximum absolute atomic E-state index is 13.9. The molecule has 0 saturated carbocycles. The van der Waals surface area contributed by atoms with E-state index in [0.29, 0.717) is 48.3 Å². The topological polar surface area (TPSA) is 164 Å². The Balaban J connectivity index is 1.07. The molecule has 0 unspecified atom stereocenters. The molecule has 0 bridgehead atoms. The summed E-state index contributed by atoms with van der Waals surface area (Å²) in [4.78, 5) is 41.7. The fraction of sp³-hybridized carbons (Fsp3) is 0.205. The van der Waals surface area contributed by atoms with E-state index in [0.717, 1.165) is 27.8 Å². The minimum atomic E-state index is -1.12. The van der Waals surface area contributed by atoms with Crippen molar-refractivity contribution >= 4 is 22.9 Å². The molecule has 1 aromatic heterocycles. The molecule has 0 saturated heterocycles. The lowest BCUT2D eigenvalue weighted by molar-refractivity contribution is 0.0740. The Morgan fingerprint density at radius 1 is 0.836 bits per heavy atom. The quantitative estimate of drug-likeness (QED) is 0.0588. The molecular weight excluding hydrogens is 697 g/mol. The van der Waals surface area contributed by atoms with Crippen LogP contribution in [0.3, 0.4) is 0 Å². The summed E-state index contributed by atoms with van der Waals surface area (Å²) in [5.74, 6) is 0.415. The number of nitrogens with zero attached hydrogens (tertiary/aromatic N) is 1. The maximum Gasteiger partial charge on any atom is 0.405 e. The van der Waals surface area contributed by atoms with Crippen molar-refractivity contribution in [1.82, 2.24) is 20.5 Å². The number of benzene rings is 5. The van der Waals surface area contributed by atoms with Crippen LogP contribution in [0.5, 0.6) is 11.5 Å². The van der Waals surface area contributed by atoms with E-state index < -0.39 is 18.2 Å². The molecule has 0 radical (unpaired) electrons. The Labute approximate surface area is 318 Å². The number of pyridine rings is 1. The SMILES string of the molecule is Cc1cccc(CN(CCCNC[C@H](O)c2ccc(O)c3[nH]c(=O)ccc23)C(=O)c2ccc(COc3cccc([C@@H](NC(=O)O)c4ccccc4)c3)cc2)c1. The molecule has 0 spiro atoms. The lowest BCUT2D eigenvalue weighted by Gasteiger charge is -2.24. The third kappa shape index (κ3) is 10.2. The fourth-order valence-electron chi connectivity index (χ4n) is 6.58. The molecule has 2 amide bonds. The van der Waals surface area contributed by atoms with Crippen LogP contribution in [0.4, 0.5) is 4.79 Å². The van der Waals surface area contributed by atoms with E-state index in [1.54, 1.807) is 24.3 Å². The molecule has 0 aliphatic carbocycles. The first-order chi connectivity index (χ1) is 26.6. The minimum Gasteiger partial charge on any atom is -0.506 e. The highest BCUT2D eigenvalue weighted by Crippen LogP contribution is 2.29. The molecule has 11 heteroatoms. The van der Waals surface area contributed by atoms with E-state index in [1.165, 1.54) is 12.1 Å². The molecule has 0 aliphatic heterocycles. The first-order valence-electron chi connectivity index (χ1n) is 18.1. The molecule has 0 aliphatic rings. The van der Waals surface area contributed by atoms with E-state index in [2.05, 4.69) is 21.7 Å². The van der Waals surface area contributed by atoms with Crippen molar-refractivity contribution in [3.05, 3.63) is 177 Å². The van der Waals surface area contributed by atoms with Gasteiger partial charge in [0.15, 0.2) is 0 Å². The number of rotatable bonds is 16. The third-order valence-corrected chi connectivity index (χ3v) is 9.33. The van der Waals surface area contributed by atoms with Crippen LogP contribution >= 0.6 is 0 Å². The van der Waals surface area contributed by atoms with E-state index >= 15 is 0 Å². The van der Waals surface area contributed by atoms with Gasteiger partial charge in [-0.1, -0.05) is 90.5 Å². The van der Waals surface area contributed by atoms with Gasteiger partial charge in [-0.05, 0) is 84.1 Å². The number of amides is 2. The highest BCUT2D eigenvalue weighted by atomic mass is 16.5. The van der Waals surface area contributed by atoms with Crippen LogP contribution in [0.1, 0.15) is 62.3 Å². The van der Waals surface area contributed by atoms with Crippen molar-refractivity contribution in [2.45, 2.75) is 38.6 Å². The number of ether oxygens (including phenoxy) is 1. The summed E-state index contributed by atoms with van der Waals surface area (Å²) < 4.78 is 6.09. The first-order valence-corrected chi connectivity index (χ1v) is 18.1. The smallest absolute Gasteiger partial charge is 0.405 e. The first kappa shape index (κ1) is 38.3. The number of H-pyrrole nitrogens is 1.